The molecule has 0 aromatic heterocycles. The number of aliphatic hydroxyl groups is 4. The molecule has 156 valence electrons. The highest BCUT2D eigenvalue weighted by molar-refractivity contribution is 6.31. The molecule has 0 amide bonds. The maximum atomic E-state index is 11.1. The quantitative estimate of drug-likeness (QED) is 0.586. The van der Waals surface area contributed by atoms with E-state index in [-0.39, 0.29) is 0 Å². The van der Waals surface area contributed by atoms with Crippen molar-refractivity contribution in [2.24, 2.45) is 5.92 Å². The summed E-state index contributed by atoms with van der Waals surface area (Å²) in [6.07, 6.45) is -3.22. The third kappa shape index (κ3) is 2.90. The highest BCUT2D eigenvalue weighted by Gasteiger charge is 2.83. The number of methoxy groups -OCH3 is 1. The average Bonchev–Trinajstić information content (AvgIpc) is 3.23. The van der Waals surface area contributed by atoms with E-state index in [1.807, 2.05) is 30.3 Å². The van der Waals surface area contributed by atoms with E-state index in [0.29, 0.717) is 17.0 Å². The van der Waals surface area contributed by atoms with Crippen LogP contribution in [0.4, 0.5) is 0 Å². The Bertz CT molecular complexity index is 903. The molecule has 1 saturated heterocycles. The van der Waals surface area contributed by atoms with Crippen LogP contribution in [0.5, 0.6) is 5.75 Å². The van der Waals surface area contributed by atoms with Crippen LogP contribution in [0, 0.1) is 5.92 Å². The SMILES string of the molecule is COc1ccc(Cc2cc([C@]34O[C@H](CO)[C@@H](O)[C@H](O)[C@]3(O)C4C)ccc2Cl)cc1. The van der Waals surface area contributed by atoms with Crippen LogP contribution in [-0.4, -0.2) is 58.1 Å². The van der Waals surface area contributed by atoms with Gasteiger partial charge in [0.2, 0.25) is 0 Å². The minimum absolute atomic E-state index is 0.463. The Kier molecular flexibility index (Phi) is 5.14. The molecule has 4 N–H and O–H groups in total. The van der Waals surface area contributed by atoms with E-state index < -0.39 is 42.0 Å². The van der Waals surface area contributed by atoms with Crippen LogP contribution in [0.2, 0.25) is 5.02 Å². The molecule has 4 rings (SSSR count). The number of halogens is 1. The second-order valence-electron chi connectivity index (χ2n) is 7.89. The van der Waals surface area contributed by atoms with E-state index in [0.717, 1.165) is 16.9 Å². The van der Waals surface area contributed by atoms with Gasteiger partial charge in [-0.2, -0.15) is 0 Å². The highest BCUT2D eigenvalue weighted by atomic mass is 35.5. The van der Waals surface area contributed by atoms with Crippen molar-refractivity contribution >= 4 is 11.6 Å². The third-order valence-corrected chi connectivity index (χ3v) is 6.85. The molecule has 29 heavy (non-hydrogen) atoms. The van der Waals surface area contributed by atoms with E-state index in [1.54, 1.807) is 26.2 Å². The normalized spacial score (nSPS) is 35.8. The van der Waals surface area contributed by atoms with Gasteiger partial charge >= 0.3 is 0 Å². The lowest BCUT2D eigenvalue weighted by Gasteiger charge is -2.39. The van der Waals surface area contributed by atoms with Crippen molar-refractivity contribution in [3.63, 3.8) is 0 Å². The van der Waals surface area contributed by atoms with Gasteiger partial charge in [-0.25, -0.2) is 0 Å². The van der Waals surface area contributed by atoms with Gasteiger partial charge in [0.1, 0.15) is 35.3 Å². The monoisotopic (exact) mass is 420 g/mol. The van der Waals surface area contributed by atoms with E-state index in [9.17, 15) is 20.4 Å². The summed E-state index contributed by atoms with van der Waals surface area (Å²) in [5.41, 5.74) is -0.309. The molecule has 1 aliphatic carbocycles. The van der Waals surface area contributed by atoms with Gasteiger partial charge in [0.25, 0.3) is 0 Å². The molecule has 1 saturated carbocycles. The molecular weight excluding hydrogens is 396 g/mol. The van der Waals surface area contributed by atoms with Crippen molar-refractivity contribution < 1.29 is 29.9 Å². The molecule has 1 heterocycles. The van der Waals surface area contributed by atoms with Crippen molar-refractivity contribution in [3.8, 4) is 5.75 Å². The fourth-order valence-corrected chi connectivity index (χ4v) is 4.86. The van der Waals surface area contributed by atoms with Crippen molar-refractivity contribution in [1.82, 2.24) is 0 Å². The molecule has 2 aromatic carbocycles. The number of rotatable bonds is 5. The summed E-state index contributed by atoms with van der Waals surface area (Å²) in [5.74, 6) is 0.300. The van der Waals surface area contributed by atoms with Gasteiger partial charge in [-0.3, -0.25) is 0 Å². The van der Waals surface area contributed by atoms with Gasteiger partial charge in [-0.05, 0) is 41.3 Å². The summed E-state index contributed by atoms with van der Waals surface area (Å²) >= 11 is 6.42. The summed E-state index contributed by atoms with van der Waals surface area (Å²) in [6, 6.07) is 13.0. The second-order valence-corrected chi connectivity index (χ2v) is 8.30. The summed E-state index contributed by atoms with van der Waals surface area (Å²) < 4.78 is 11.2. The molecule has 2 fully saturated rings. The zero-order valence-corrected chi connectivity index (χ0v) is 17.0. The van der Waals surface area contributed by atoms with Gasteiger partial charge < -0.3 is 29.9 Å². The zero-order valence-electron chi connectivity index (χ0n) is 16.2. The first-order chi connectivity index (χ1) is 13.8. The maximum absolute atomic E-state index is 11.1. The number of hydrogen-bond acceptors (Lipinski definition) is 6. The van der Waals surface area contributed by atoms with Gasteiger partial charge in [0, 0.05) is 10.9 Å². The van der Waals surface area contributed by atoms with Crippen LogP contribution < -0.4 is 4.74 Å². The summed E-state index contributed by atoms with van der Waals surface area (Å²) in [6.45, 7) is 1.29. The number of benzene rings is 2. The maximum Gasteiger partial charge on any atom is 0.132 e. The summed E-state index contributed by atoms with van der Waals surface area (Å²) in [7, 11) is 1.61. The largest absolute Gasteiger partial charge is 0.497 e. The Morgan fingerprint density at radius 1 is 1.14 bits per heavy atom. The number of ether oxygens (including phenoxy) is 2. The Labute approximate surface area is 174 Å². The molecular formula is C22H25ClO6. The van der Waals surface area contributed by atoms with E-state index in [2.05, 4.69) is 0 Å². The molecule has 0 bridgehead atoms. The molecule has 1 aliphatic heterocycles. The standard InChI is InChI=1S/C22H25ClO6/c1-12-21(27)20(26)19(25)18(11-24)29-22(12,21)15-5-8-17(23)14(10-15)9-13-3-6-16(28-2)7-4-13/h3-8,10,12,18-20,24-27H,9,11H2,1-2H3/t12?,18-,19-,20+,21-,22+/m1/s1. The minimum atomic E-state index is -1.64. The van der Waals surface area contributed by atoms with Gasteiger partial charge in [0.05, 0.1) is 13.7 Å². The lowest BCUT2D eigenvalue weighted by atomic mass is 9.90. The first-order valence-electron chi connectivity index (χ1n) is 9.58. The average molecular weight is 421 g/mol. The van der Waals surface area contributed by atoms with Crippen LogP contribution >= 0.6 is 11.6 Å². The molecule has 0 radical (unpaired) electrons. The third-order valence-electron chi connectivity index (χ3n) is 6.48. The zero-order chi connectivity index (χ0) is 21.0. The van der Waals surface area contributed by atoms with Crippen molar-refractivity contribution in [2.45, 2.75) is 42.9 Å². The lowest BCUT2D eigenvalue weighted by Crippen LogP contribution is -2.57. The topological polar surface area (TPSA) is 99.4 Å². The van der Waals surface area contributed by atoms with Gasteiger partial charge in [0.15, 0.2) is 0 Å². The molecule has 0 spiro atoms. The summed E-state index contributed by atoms with van der Waals surface area (Å²) in [4.78, 5) is 0. The van der Waals surface area contributed by atoms with E-state index in [1.165, 1.54) is 0 Å². The van der Waals surface area contributed by atoms with Crippen LogP contribution in [0.25, 0.3) is 0 Å². The van der Waals surface area contributed by atoms with Crippen LogP contribution in [0.15, 0.2) is 42.5 Å². The Morgan fingerprint density at radius 3 is 2.45 bits per heavy atom. The lowest BCUT2D eigenvalue weighted by molar-refractivity contribution is -0.232. The van der Waals surface area contributed by atoms with Gasteiger partial charge in [-0.1, -0.05) is 42.8 Å². The van der Waals surface area contributed by atoms with Crippen molar-refractivity contribution in [3.05, 3.63) is 64.2 Å². The second kappa shape index (κ2) is 7.23. The highest BCUT2D eigenvalue weighted by Crippen LogP contribution is 2.68. The van der Waals surface area contributed by atoms with E-state index >= 15 is 0 Å². The molecule has 6 nitrogen and oxygen atoms in total. The van der Waals surface area contributed by atoms with Gasteiger partial charge in [-0.15, -0.1) is 0 Å². The number of hydrogen-bond donors (Lipinski definition) is 4. The molecule has 1 unspecified atom stereocenters. The predicted molar refractivity (Wildman–Crippen MR) is 107 cm³/mol. The Morgan fingerprint density at radius 2 is 1.83 bits per heavy atom. The number of aliphatic hydroxyl groups excluding tert-OH is 3. The Balaban J connectivity index is 1.69. The van der Waals surface area contributed by atoms with Crippen molar-refractivity contribution in [1.29, 1.82) is 0 Å². The fourth-order valence-electron chi connectivity index (χ4n) is 4.68. The predicted octanol–water partition coefficient (Wildman–Crippen LogP) is 1.63. The minimum Gasteiger partial charge on any atom is -0.497 e. The molecule has 2 aromatic rings. The fraction of sp³-hybridized carbons (Fsp3) is 0.455. The van der Waals surface area contributed by atoms with Crippen LogP contribution in [-0.2, 0) is 16.8 Å². The summed E-state index contributed by atoms with van der Waals surface area (Å²) in [5, 5.41) is 42.0. The molecule has 2 aliphatic rings. The Hall–Kier alpha value is -1.67. The van der Waals surface area contributed by atoms with Crippen LogP contribution in [0.3, 0.4) is 0 Å². The van der Waals surface area contributed by atoms with E-state index in [4.69, 9.17) is 21.1 Å². The first kappa shape index (κ1) is 20.6. The smallest absolute Gasteiger partial charge is 0.132 e. The number of fused-ring (bicyclic) bond motifs is 1. The first-order valence-corrected chi connectivity index (χ1v) is 9.96. The van der Waals surface area contributed by atoms with Crippen molar-refractivity contribution in [2.75, 3.05) is 13.7 Å². The molecule has 6 atom stereocenters. The van der Waals surface area contributed by atoms with Crippen LogP contribution in [0.1, 0.15) is 23.6 Å². The molecule has 7 heteroatoms.